The van der Waals surface area contributed by atoms with Crippen molar-refractivity contribution < 1.29 is 0 Å². The summed E-state index contributed by atoms with van der Waals surface area (Å²) in [7, 11) is 0. The van der Waals surface area contributed by atoms with Crippen molar-refractivity contribution in [1.29, 1.82) is 0 Å². The molecule has 1 atom stereocenters. The molecule has 0 bridgehead atoms. The van der Waals surface area contributed by atoms with Crippen molar-refractivity contribution in [2.75, 3.05) is 0 Å². The highest BCUT2D eigenvalue weighted by Crippen LogP contribution is 2.45. The summed E-state index contributed by atoms with van der Waals surface area (Å²) in [5.74, 6) is 0. The zero-order chi connectivity index (χ0) is 27.9. The van der Waals surface area contributed by atoms with Gasteiger partial charge in [-0.15, -0.1) is 37.9 Å². The van der Waals surface area contributed by atoms with E-state index in [9.17, 15) is 0 Å². The first-order chi connectivity index (χ1) is 19.4. The Morgan fingerprint density at radius 1 is 0.425 bits per heavy atom. The summed E-state index contributed by atoms with van der Waals surface area (Å²) in [5, 5.41) is 2.46. The van der Waals surface area contributed by atoms with Crippen LogP contribution in [0.3, 0.4) is 0 Å². The molecule has 0 heterocycles. The van der Waals surface area contributed by atoms with E-state index in [1.54, 1.807) is 0 Å². The van der Waals surface area contributed by atoms with Crippen LogP contribution >= 0.6 is 37.9 Å². The molecule has 0 saturated carbocycles. The predicted octanol–water partition coefficient (Wildman–Crippen LogP) is 10.7. The fourth-order valence-corrected chi connectivity index (χ4v) is 6.50. The molecule has 6 rings (SSSR count). The molecule has 0 radical (unpaired) electrons. The van der Waals surface area contributed by atoms with Gasteiger partial charge in [0.2, 0.25) is 0 Å². The van der Waals surface area contributed by atoms with Crippen LogP contribution in [0.4, 0.5) is 0 Å². The van der Waals surface area contributed by atoms with E-state index in [2.05, 4.69) is 129 Å². The van der Waals surface area contributed by atoms with E-state index in [-0.39, 0.29) is 0 Å². The Morgan fingerprint density at radius 3 is 1.55 bits per heavy atom. The average molecular weight is 571 g/mol. The Bertz CT molecular complexity index is 1770. The summed E-state index contributed by atoms with van der Waals surface area (Å²) in [5.41, 5.74) is 8.88. The molecule has 0 aliphatic carbocycles. The summed E-state index contributed by atoms with van der Waals surface area (Å²) in [6.07, 6.45) is 0. The second-order valence-corrected chi connectivity index (χ2v) is 11.9. The smallest absolute Gasteiger partial charge is 0.0423 e. The monoisotopic (exact) mass is 570 g/mol. The van der Waals surface area contributed by atoms with Crippen molar-refractivity contribution >= 4 is 48.7 Å². The topological polar surface area (TPSA) is 0 Å². The maximum absolute atomic E-state index is 4.89. The highest BCUT2D eigenvalue weighted by molar-refractivity contribution is 7.81. The van der Waals surface area contributed by atoms with Crippen LogP contribution in [0.5, 0.6) is 0 Å². The molecule has 0 nitrogen and oxygen atoms in total. The van der Waals surface area contributed by atoms with Crippen LogP contribution in [-0.4, -0.2) is 0 Å². The van der Waals surface area contributed by atoms with Crippen molar-refractivity contribution in [1.82, 2.24) is 0 Å². The maximum Gasteiger partial charge on any atom is 0.0423 e. The number of fused-ring (bicyclic) bond motifs is 1. The first kappa shape index (κ1) is 26.8. The van der Waals surface area contributed by atoms with Crippen molar-refractivity contribution in [3.8, 4) is 22.3 Å². The second-order valence-electron chi connectivity index (χ2n) is 10.5. The minimum absolute atomic E-state index is 0.454. The highest BCUT2D eigenvalue weighted by atomic mass is 32.1. The van der Waals surface area contributed by atoms with Gasteiger partial charge in [0.05, 0.1) is 0 Å². The lowest BCUT2D eigenvalue weighted by Crippen LogP contribution is -2.25. The average Bonchev–Trinajstić information content (AvgIpc) is 2.98. The lowest BCUT2D eigenvalue weighted by molar-refractivity contribution is 0.692. The number of hydrogen-bond acceptors (Lipinski definition) is 3. The normalized spacial score (nSPS) is 12.8. The molecule has 3 heteroatoms. The Kier molecular flexibility index (Phi) is 7.31. The van der Waals surface area contributed by atoms with Crippen LogP contribution in [0.15, 0.2) is 142 Å². The molecule has 0 spiro atoms. The third-order valence-electron chi connectivity index (χ3n) is 8.10. The molecule has 0 aliphatic heterocycles. The van der Waals surface area contributed by atoms with Gasteiger partial charge in [-0.1, -0.05) is 91.0 Å². The molecule has 0 aromatic heterocycles. The zero-order valence-electron chi connectivity index (χ0n) is 22.5. The largest absolute Gasteiger partial charge is 0.143 e. The Hall–Kier alpha value is -3.37. The minimum atomic E-state index is -0.454. The van der Waals surface area contributed by atoms with Crippen molar-refractivity contribution in [3.63, 3.8) is 0 Å². The molecule has 196 valence electrons. The van der Waals surface area contributed by atoms with E-state index < -0.39 is 5.41 Å². The van der Waals surface area contributed by atoms with Crippen molar-refractivity contribution in [2.45, 2.75) is 33.9 Å². The van der Waals surface area contributed by atoms with Gasteiger partial charge < -0.3 is 0 Å². The van der Waals surface area contributed by atoms with Crippen LogP contribution < -0.4 is 0 Å². The molecule has 6 aromatic carbocycles. The van der Waals surface area contributed by atoms with Gasteiger partial charge in [-0.2, -0.15) is 0 Å². The minimum Gasteiger partial charge on any atom is -0.143 e. The summed E-state index contributed by atoms with van der Waals surface area (Å²) in [6.45, 7) is 4.49. The summed E-state index contributed by atoms with van der Waals surface area (Å²) < 4.78 is 0. The molecule has 0 saturated heterocycles. The van der Waals surface area contributed by atoms with Gasteiger partial charge in [0, 0.05) is 20.1 Å². The Morgan fingerprint density at radius 2 is 0.900 bits per heavy atom. The third-order valence-corrected chi connectivity index (χ3v) is 9.27. The number of hydrogen-bond donors (Lipinski definition) is 3. The third kappa shape index (κ3) is 4.77. The molecule has 40 heavy (non-hydrogen) atoms. The highest BCUT2D eigenvalue weighted by Gasteiger charge is 2.33. The van der Waals surface area contributed by atoms with Crippen LogP contribution in [0, 0.1) is 6.92 Å². The molecule has 0 fully saturated rings. The SMILES string of the molecule is Cc1ccccc1-c1cc(C(C)(c2ccc(S)c(-c3ccccc3S)c2)c2ccc3ccccc3c2)ccc1S. The summed E-state index contributed by atoms with van der Waals surface area (Å²) in [4.78, 5) is 2.83. The van der Waals surface area contributed by atoms with Gasteiger partial charge in [0.15, 0.2) is 0 Å². The molecular formula is C37H30S3. The van der Waals surface area contributed by atoms with E-state index in [4.69, 9.17) is 37.9 Å². The first-order valence-corrected chi connectivity index (χ1v) is 14.7. The Labute approximate surface area is 253 Å². The van der Waals surface area contributed by atoms with Gasteiger partial charge in [-0.3, -0.25) is 0 Å². The molecule has 0 N–H and O–H groups in total. The number of thiol groups is 3. The predicted molar refractivity (Wildman–Crippen MR) is 180 cm³/mol. The summed E-state index contributed by atoms with van der Waals surface area (Å²) >= 11 is 14.5. The number of rotatable bonds is 5. The molecule has 0 amide bonds. The fraction of sp³-hybridized carbons (Fsp3) is 0.0811. The van der Waals surface area contributed by atoms with E-state index in [0.717, 1.165) is 31.4 Å². The van der Waals surface area contributed by atoms with Crippen molar-refractivity contribution in [2.24, 2.45) is 0 Å². The summed E-state index contributed by atoms with van der Waals surface area (Å²) in [6, 6.07) is 45.4. The van der Waals surface area contributed by atoms with E-state index in [0.29, 0.717) is 0 Å². The van der Waals surface area contributed by atoms with Crippen LogP contribution in [0.2, 0.25) is 0 Å². The van der Waals surface area contributed by atoms with Gasteiger partial charge in [0.25, 0.3) is 0 Å². The van der Waals surface area contributed by atoms with Crippen LogP contribution in [0.25, 0.3) is 33.0 Å². The quantitative estimate of drug-likeness (QED) is 0.133. The number of benzene rings is 6. The van der Waals surface area contributed by atoms with E-state index >= 15 is 0 Å². The Balaban J connectivity index is 1.63. The number of aryl methyl sites for hydroxylation is 1. The standard InChI is InChI=1S/C37H30S3/c1-24-9-3-6-12-30(24)32-22-28(17-19-35(32)39)37(2,27-16-15-25-10-4-5-11-26(25)21-27)29-18-20-36(40)33(23-29)31-13-7-8-14-34(31)38/h3-23,38-40H,1-2H3. The lowest BCUT2D eigenvalue weighted by atomic mass is 9.70. The van der Waals surface area contributed by atoms with Gasteiger partial charge in [0.1, 0.15) is 0 Å². The van der Waals surface area contributed by atoms with Gasteiger partial charge >= 0.3 is 0 Å². The van der Waals surface area contributed by atoms with Gasteiger partial charge in [-0.25, -0.2) is 0 Å². The lowest BCUT2D eigenvalue weighted by Gasteiger charge is -2.33. The van der Waals surface area contributed by atoms with Crippen molar-refractivity contribution in [3.05, 3.63) is 150 Å². The molecule has 1 unspecified atom stereocenters. The van der Waals surface area contributed by atoms with Crippen LogP contribution in [-0.2, 0) is 5.41 Å². The maximum atomic E-state index is 4.89. The fourth-order valence-electron chi connectivity index (χ4n) is 5.70. The van der Waals surface area contributed by atoms with Crippen LogP contribution in [0.1, 0.15) is 29.2 Å². The molecule has 0 aliphatic rings. The molecular weight excluding hydrogens is 541 g/mol. The van der Waals surface area contributed by atoms with Gasteiger partial charge in [-0.05, 0) is 106 Å². The zero-order valence-corrected chi connectivity index (χ0v) is 25.1. The van der Waals surface area contributed by atoms with E-state index in [1.165, 1.54) is 38.6 Å². The second kappa shape index (κ2) is 10.9. The first-order valence-electron chi connectivity index (χ1n) is 13.4. The van der Waals surface area contributed by atoms with E-state index in [1.807, 2.05) is 12.1 Å². The molecule has 6 aromatic rings.